The van der Waals surface area contributed by atoms with Crippen molar-refractivity contribution < 1.29 is 14.4 Å². The van der Waals surface area contributed by atoms with Gasteiger partial charge in [0.15, 0.2) is 0 Å². The summed E-state index contributed by atoms with van der Waals surface area (Å²) in [6.45, 7) is 0.873. The highest BCUT2D eigenvalue weighted by Gasteiger charge is 2.50. The van der Waals surface area contributed by atoms with Crippen molar-refractivity contribution in [2.45, 2.75) is 19.3 Å². The molecule has 0 spiro atoms. The van der Waals surface area contributed by atoms with Gasteiger partial charge in [0.1, 0.15) is 0 Å². The number of rotatable bonds is 4. The highest BCUT2D eigenvalue weighted by atomic mass is 16.2. The topological polar surface area (TPSA) is 83.7 Å². The second-order valence-corrected chi connectivity index (χ2v) is 4.58. The number of nitrogens with zero attached hydrogens (tertiary/aromatic N) is 2. The summed E-state index contributed by atoms with van der Waals surface area (Å²) < 4.78 is 0. The Morgan fingerprint density at radius 3 is 2.25 bits per heavy atom. The zero-order valence-corrected chi connectivity index (χ0v) is 9.23. The smallest absolute Gasteiger partial charge is 0.330 e. The van der Waals surface area contributed by atoms with Gasteiger partial charge in [-0.2, -0.15) is 0 Å². The maximum absolute atomic E-state index is 11.6. The first-order valence-corrected chi connectivity index (χ1v) is 5.34. The second-order valence-electron chi connectivity index (χ2n) is 4.58. The average Bonchev–Trinajstić information content (AvgIpc) is 2.99. The lowest BCUT2D eigenvalue weighted by Gasteiger charge is -2.20. The van der Waals surface area contributed by atoms with E-state index in [4.69, 9.17) is 5.73 Å². The molecule has 0 aromatic rings. The van der Waals surface area contributed by atoms with Crippen LogP contribution in [0.15, 0.2) is 0 Å². The van der Waals surface area contributed by atoms with Gasteiger partial charge in [0, 0.05) is 13.6 Å². The number of nitrogens with two attached hydrogens (primary N) is 1. The van der Waals surface area contributed by atoms with E-state index in [1.807, 2.05) is 0 Å². The fourth-order valence-corrected chi connectivity index (χ4v) is 2.06. The third kappa shape index (κ3) is 1.59. The van der Waals surface area contributed by atoms with Crippen molar-refractivity contribution in [3.8, 4) is 0 Å². The maximum Gasteiger partial charge on any atom is 0.333 e. The monoisotopic (exact) mass is 225 g/mol. The quantitative estimate of drug-likeness (QED) is 0.518. The van der Waals surface area contributed by atoms with Crippen LogP contribution >= 0.6 is 0 Å². The van der Waals surface area contributed by atoms with Crippen LogP contribution in [0.5, 0.6) is 0 Å². The molecule has 0 bridgehead atoms. The van der Waals surface area contributed by atoms with E-state index < -0.39 is 17.8 Å². The highest BCUT2D eigenvalue weighted by molar-refractivity contribution is 6.44. The van der Waals surface area contributed by atoms with Crippen molar-refractivity contribution in [1.29, 1.82) is 0 Å². The van der Waals surface area contributed by atoms with Gasteiger partial charge >= 0.3 is 17.8 Å². The molecule has 0 aromatic carbocycles. The van der Waals surface area contributed by atoms with Crippen LogP contribution in [0.4, 0.5) is 4.79 Å². The largest absolute Gasteiger partial charge is 0.333 e. The first kappa shape index (κ1) is 11.1. The summed E-state index contributed by atoms with van der Waals surface area (Å²) in [5.74, 6) is -1.45. The molecule has 4 amide bonds. The fourth-order valence-electron chi connectivity index (χ4n) is 2.06. The van der Waals surface area contributed by atoms with Crippen LogP contribution in [0, 0.1) is 5.41 Å². The van der Waals surface area contributed by atoms with E-state index in [9.17, 15) is 14.4 Å². The Hall–Kier alpha value is -1.43. The van der Waals surface area contributed by atoms with Crippen LogP contribution in [-0.4, -0.2) is 47.8 Å². The highest BCUT2D eigenvalue weighted by Crippen LogP contribution is 2.49. The molecule has 1 aliphatic heterocycles. The van der Waals surface area contributed by atoms with E-state index in [0.717, 1.165) is 29.1 Å². The number of amides is 4. The molecule has 1 saturated carbocycles. The molecule has 2 aliphatic rings. The van der Waals surface area contributed by atoms with Gasteiger partial charge in [0.25, 0.3) is 0 Å². The third-order valence-electron chi connectivity index (χ3n) is 3.38. The van der Waals surface area contributed by atoms with Crippen molar-refractivity contribution in [3.63, 3.8) is 0 Å². The second kappa shape index (κ2) is 3.55. The van der Waals surface area contributed by atoms with Crippen LogP contribution in [0.1, 0.15) is 19.3 Å². The Balaban J connectivity index is 2.08. The van der Waals surface area contributed by atoms with Gasteiger partial charge in [-0.3, -0.25) is 19.4 Å². The van der Waals surface area contributed by atoms with E-state index in [0.29, 0.717) is 13.1 Å². The van der Waals surface area contributed by atoms with Crippen LogP contribution in [0.3, 0.4) is 0 Å². The number of likely N-dealkylation sites (N-methyl/N-ethyl adjacent to an activating group) is 1. The van der Waals surface area contributed by atoms with E-state index in [2.05, 4.69) is 0 Å². The minimum absolute atomic E-state index is 0.0223. The van der Waals surface area contributed by atoms with Crippen molar-refractivity contribution in [2.75, 3.05) is 20.1 Å². The van der Waals surface area contributed by atoms with Gasteiger partial charge < -0.3 is 5.73 Å². The summed E-state index contributed by atoms with van der Waals surface area (Å²) in [7, 11) is 1.32. The number of hydrogen-bond acceptors (Lipinski definition) is 4. The van der Waals surface area contributed by atoms with Crippen LogP contribution in [0.2, 0.25) is 0 Å². The predicted molar refractivity (Wildman–Crippen MR) is 55.2 cm³/mol. The third-order valence-corrected chi connectivity index (χ3v) is 3.38. The summed E-state index contributed by atoms with van der Waals surface area (Å²) in [5, 5.41) is 0. The number of carbonyl (C=O) groups excluding carboxylic acids is 3. The summed E-state index contributed by atoms with van der Waals surface area (Å²) >= 11 is 0. The summed E-state index contributed by atoms with van der Waals surface area (Å²) in [4.78, 5) is 36.3. The van der Waals surface area contributed by atoms with Crippen LogP contribution in [-0.2, 0) is 9.59 Å². The van der Waals surface area contributed by atoms with E-state index >= 15 is 0 Å². The Bertz CT molecular complexity index is 362. The van der Waals surface area contributed by atoms with Gasteiger partial charge in [0.05, 0.1) is 0 Å². The van der Waals surface area contributed by atoms with E-state index in [1.54, 1.807) is 0 Å². The summed E-state index contributed by atoms with van der Waals surface area (Å²) in [6, 6.07) is -0.515. The van der Waals surface area contributed by atoms with Gasteiger partial charge in [0.2, 0.25) is 0 Å². The van der Waals surface area contributed by atoms with E-state index in [-0.39, 0.29) is 5.41 Å². The molecule has 1 saturated heterocycles. The lowest BCUT2D eigenvalue weighted by Crippen LogP contribution is -2.37. The molecule has 0 unspecified atom stereocenters. The van der Waals surface area contributed by atoms with Gasteiger partial charge in [-0.15, -0.1) is 0 Å². The summed E-state index contributed by atoms with van der Waals surface area (Å²) in [5.41, 5.74) is 5.46. The molecular formula is C10H15N3O3. The standard InChI is InChI=1S/C10H15N3O3/c1-12-7(14)8(15)13(9(12)16)6-10(2-3-10)4-5-11/h2-6,11H2,1H3. The molecule has 2 N–H and O–H groups in total. The predicted octanol–water partition coefficient (Wildman–Crippen LogP) is -0.464. The molecule has 6 heteroatoms. The van der Waals surface area contributed by atoms with Gasteiger partial charge in [-0.25, -0.2) is 4.79 Å². The molecule has 1 heterocycles. The molecule has 2 rings (SSSR count). The number of urea groups is 1. The molecule has 1 aliphatic carbocycles. The Kier molecular flexibility index (Phi) is 2.46. The normalized spacial score (nSPS) is 23.2. The molecule has 0 aromatic heterocycles. The van der Waals surface area contributed by atoms with Crippen molar-refractivity contribution in [1.82, 2.24) is 9.80 Å². The minimum Gasteiger partial charge on any atom is -0.330 e. The van der Waals surface area contributed by atoms with E-state index in [1.165, 1.54) is 7.05 Å². The first-order chi connectivity index (χ1) is 7.51. The average molecular weight is 225 g/mol. The summed E-state index contributed by atoms with van der Waals surface area (Å²) in [6.07, 6.45) is 2.74. The fraction of sp³-hybridized carbons (Fsp3) is 0.700. The number of carbonyl (C=O) groups is 3. The lowest BCUT2D eigenvalue weighted by molar-refractivity contribution is -0.143. The molecule has 0 atom stereocenters. The number of imide groups is 2. The maximum atomic E-state index is 11.6. The zero-order valence-electron chi connectivity index (χ0n) is 9.23. The Labute approximate surface area is 93.4 Å². The molecule has 16 heavy (non-hydrogen) atoms. The minimum atomic E-state index is -0.742. The molecule has 88 valence electrons. The molecule has 6 nitrogen and oxygen atoms in total. The van der Waals surface area contributed by atoms with Crippen LogP contribution < -0.4 is 5.73 Å². The van der Waals surface area contributed by atoms with Gasteiger partial charge in [-0.05, 0) is 31.2 Å². The van der Waals surface area contributed by atoms with Gasteiger partial charge in [-0.1, -0.05) is 0 Å². The SMILES string of the molecule is CN1C(=O)C(=O)N(CC2(CCN)CC2)C1=O. The first-order valence-electron chi connectivity index (χ1n) is 5.34. The van der Waals surface area contributed by atoms with Crippen molar-refractivity contribution in [2.24, 2.45) is 11.1 Å². The Morgan fingerprint density at radius 1 is 1.25 bits per heavy atom. The zero-order chi connectivity index (χ0) is 11.9. The van der Waals surface area contributed by atoms with Crippen LogP contribution in [0.25, 0.3) is 0 Å². The van der Waals surface area contributed by atoms with Crippen molar-refractivity contribution >= 4 is 17.8 Å². The molecule has 0 radical (unpaired) electrons. The number of hydrogen-bond donors (Lipinski definition) is 1. The Morgan fingerprint density at radius 2 is 1.88 bits per heavy atom. The molecular weight excluding hydrogens is 210 g/mol. The van der Waals surface area contributed by atoms with Crippen molar-refractivity contribution in [3.05, 3.63) is 0 Å². The lowest BCUT2D eigenvalue weighted by atomic mass is 10.0. The molecule has 2 fully saturated rings.